The van der Waals surface area contributed by atoms with Crippen molar-refractivity contribution < 1.29 is 4.74 Å². The van der Waals surface area contributed by atoms with Crippen LogP contribution in [0.3, 0.4) is 0 Å². The van der Waals surface area contributed by atoms with Crippen LogP contribution in [0.4, 0.5) is 0 Å². The largest absolute Gasteiger partial charge is 0.377 e. The maximum Gasteiger partial charge on any atom is 0.191 e. The highest BCUT2D eigenvalue weighted by molar-refractivity contribution is 14.0. The third-order valence-electron chi connectivity index (χ3n) is 6.09. The van der Waals surface area contributed by atoms with Crippen molar-refractivity contribution in [2.45, 2.75) is 71.9 Å². The topological polar surface area (TPSA) is 52.1 Å². The molecule has 2 N–H and O–H groups in total. The molecule has 2 aliphatic heterocycles. The Morgan fingerprint density at radius 3 is 2.28 bits per heavy atom. The molecule has 2 aliphatic rings. The van der Waals surface area contributed by atoms with E-state index >= 15 is 0 Å². The van der Waals surface area contributed by atoms with Crippen LogP contribution in [0, 0.1) is 5.92 Å². The number of aliphatic imine (C=N–C) groups is 1. The molecule has 0 spiro atoms. The molecule has 2 heterocycles. The first kappa shape index (κ1) is 26.9. The standard InChI is InChI=1S/C22H45N5O.HI/c1-5-23-22(24-12-7-20-8-13-26(6-2)14-9-20)25-21-10-15-27(16-11-21)17-18-28-19(3)4;/h19-21H,5-18H2,1-4H3,(H2,23,24,25);1H. The summed E-state index contributed by atoms with van der Waals surface area (Å²) in [5, 5.41) is 7.12. The van der Waals surface area contributed by atoms with Gasteiger partial charge in [0, 0.05) is 38.8 Å². The second-order valence-electron chi connectivity index (χ2n) is 8.61. The van der Waals surface area contributed by atoms with E-state index in [9.17, 15) is 0 Å². The van der Waals surface area contributed by atoms with Gasteiger partial charge in [0.1, 0.15) is 0 Å². The average molecular weight is 524 g/mol. The van der Waals surface area contributed by atoms with E-state index in [1.807, 2.05) is 0 Å². The molecule has 0 aromatic rings. The van der Waals surface area contributed by atoms with Crippen molar-refractivity contribution in [3.63, 3.8) is 0 Å². The summed E-state index contributed by atoms with van der Waals surface area (Å²) >= 11 is 0. The Balaban J connectivity index is 0.00000420. The number of likely N-dealkylation sites (tertiary alicyclic amines) is 2. The zero-order chi connectivity index (χ0) is 20.2. The Morgan fingerprint density at radius 1 is 1.03 bits per heavy atom. The molecule has 0 radical (unpaired) electrons. The highest BCUT2D eigenvalue weighted by Crippen LogP contribution is 2.20. The monoisotopic (exact) mass is 523 g/mol. The number of guanidine groups is 1. The van der Waals surface area contributed by atoms with Gasteiger partial charge in [0.25, 0.3) is 0 Å². The van der Waals surface area contributed by atoms with Crippen LogP contribution in [0.1, 0.15) is 59.8 Å². The Bertz CT molecular complexity index is 433. The lowest BCUT2D eigenvalue weighted by atomic mass is 9.94. The molecule has 0 saturated carbocycles. The first-order valence-corrected chi connectivity index (χ1v) is 11.7. The lowest BCUT2D eigenvalue weighted by Crippen LogP contribution is -2.49. The van der Waals surface area contributed by atoms with E-state index in [1.54, 1.807) is 0 Å². The van der Waals surface area contributed by atoms with Gasteiger partial charge in [-0.25, -0.2) is 0 Å². The number of nitrogens with one attached hydrogen (secondary N) is 2. The molecule has 0 bridgehead atoms. The van der Waals surface area contributed by atoms with Crippen LogP contribution in [0.15, 0.2) is 4.99 Å². The van der Waals surface area contributed by atoms with E-state index in [0.717, 1.165) is 51.2 Å². The fraction of sp³-hybridized carbons (Fsp3) is 0.955. The summed E-state index contributed by atoms with van der Waals surface area (Å²) in [6.45, 7) is 18.4. The fourth-order valence-electron chi connectivity index (χ4n) is 4.18. The predicted octanol–water partition coefficient (Wildman–Crippen LogP) is 3.17. The second-order valence-corrected chi connectivity index (χ2v) is 8.61. The van der Waals surface area contributed by atoms with Gasteiger partial charge in [-0.2, -0.15) is 0 Å². The van der Waals surface area contributed by atoms with Crippen LogP contribution in [0.2, 0.25) is 0 Å². The van der Waals surface area contributed by atoms with Crippen molar-refractivity contribution in [3.8, 4) is 0 Å². The van der Waals surface area contributed by atoms with Crippen LogP contribution >= 0.6 is 24.0 Å². The molecule has 0 amide bonds. The number of rotatable bonds is 10. The van der Waals surface area contributed by atoms with Crippen molar-refractivity contribution in [3.05, 3.63) is 0 Å². The van der Waals surface area contributed by atoms with Crippen LogP contribution in [0.25, 0.3) is 0 Å². The lowest BCUT2D eigenvalue weighted by Gasteiger charge is -2.33. The Labute approximate surface area is 196 Å². The SMILES string of the molecule is CCNC(=NCCC1CCN(CC)CC1)NC1CCN(CCOC(C)C)CC1.I. The molecule has 172 valence electrons. The number of hydrogen-bond acceptors (Lipinski definition) is 4. The highest BCUT2D eigenvalue weighted by atomic mass is 127. The third kappa shape index (κ3) is 11.2. The van der Waals surface area contributed by atoms with Gasteiger partial charge in [0.05, 0.1) is 12.7 Å². The normalized spacial score (nSPS) is 20.7. The van der Waals surface area contributed by atoms with Gasteiger partial charge in [0.2, 0.25) is 0 Å². The lowest BCUT2D eigenvalue weighted by molar-refractivity contribution is 0.0532. The van der Waals surface area contributed by atoms with Crippen molar-refractivity contribution in [2.75, 3.05) is 59.0 Å². The molecule has 6 nitrogen and oxygen atoms in total. The van der Waals surface area contributed by atoms with E-state index < -0.39 is 0 Å². The van der Waals surface area contributed by atoms with E-state index in [-0.39, 0.29) is 24.0 Å². The van der Waals surface area contributed by atoms with Gasteiger partial charge >= 0.3 is 0 Å². The summed E-state index contributed by atoms with van der Waals surface area (Å²) in [4.78, 5) is 9.96. The molecule has 0 aromatic heterocycles. The van der Waals surface area contributed by atoms with Gasteiger partial charge in [-0.15, -0.1) is 24.0 Å². The third-order valence-corrected chi connectivity index (χ3v) is 6.09. The average Bonchev–Trinajstić information content (AvgIpc) is 2.70. The Kier molecular flexibility index (Phi) is 14.5. The summed E-state index contributed by atoms with van der Waals surface area (Å²) in [6, 6.07) is 0.535. The summed E-state index contributed by atoms with van der Waals surface area (Å²) in [5.74, 6) is 1.86. The fourth-order valence-corrected chi connectivity index (χ4v) is 4.18. The van der Waals surface area contributed by atoms with E-state index in [4.69, 9.17) is 9.73 Å². The van der Waals surface area contributed by atoms with Gasteiger partial charge in [-0.05, 0) is 78.4 Å². The van der Waals surface area contributed by atoms with E-state index in [0.29, 0.717) is 12.1 Å². The Morgan fingerprint density at radius 2 is 1.69 bits per heavy atom. The first-order chi connectivity index (χ1) is 13.6. The predicted molar refractivity (Wildman–Crippen MR) is 135 cm³/mol. The van der Waals surface area contributed by atoms with Crippen LogP contribution in [0.5, 0.6) is 0 Å². The van der Waals surface area contributed by atoms with Crippen LogP contribution < -0.4 is 10.6 Å². The molecular formula is C22H46IN5O. The molecule has 0 unspecified atom stereocenters. The molecule has 0 atom stereocenters. The van der Waals surface area contributed by atoms with Crippen molar-refractivity contribution in [1.29, 1.82) is 0 Å². The zero-order valence-corrected chi connectivity index (χ0v) is 21.6. The summed E-state index contributed by atoms with van der Waals surface area (Å²) < 4.78 is 5.69. The summed E-state index contributed by atoms with van der Waals surface area (Å²) in [5.41, 5.74) is 0. The molecule has 29 heavy (non-hydrogen) atoms. The van der Waals surface area contributed by atoms with Crippen molar-refractivity contribution >= 4 is 29.9 Å². The van der Waals surface area contributed by atoms with Crippen molar-refractivity contribution in [2.24, 2.45) is 10.9 Å². The minimum Gasteiger partial charge on any atom is -0.377 e. The molecular weight excluding hydrogens is 477 g/mol. The van der Waals surface area contributed by atoms with Gasteiger partial charge < -0.3 is 25.2 Å². The molecule has 0 aromatic carbocycles. The maximum atomic E-state index is 5.69. The Hall–Kier alpha value is -0.120. The summed E-state index contributed by atoms with van der Waals surface area (Å²) in [7, 11) is 0. The highest BCUT2D eigenvalue weighted by Gasteiger charge is 2.20. The number of hydrogen-bond donors (Lipinski definition) is 2. The minimum atomic E-state index is 0. The van der Waals surface area contributed by atoms with E-state index in [2.05, 4.69) is 48.1 Å². The molecule has 7 heteroatoms. The van der Waals surface area contributed by atoms with Gasteiger partial charge in [-0.3, -0.25) is 4.99 Å². The first-order valence-electron chi connectivity index (χ1n) is 11.7. The maximum absolute atomic E-state index is 5.69. The minimum absolute atomic E-state index is 0. The van der Waals surface area contributed by atoms with Crippen LogP contribution in [-0.4, -0.2) is 86.9 Å². The number of halogens is 1. The number of nitrogens with zero attached hydrogens (tertiary/aromatic N) is 3. The molecule has 2 rings (SSSR count). The summed E-state index contributed by atoms with van der Waals surface area (Å²) in [6.07, 6.45) is 6.60. The second kappa shape index (κ2) is 15.6. The van der Waals surface area contributed by atoms with E-state index in [1.165, 1.54) is 51.7 Å². The van der Waals surface area contributed by atoms with Gasteiger partial charge in [-0.1, -0.05) is 6.92 Å². The molecule has 2 fully saturated rings. The molecule has 2 saturated heterocycles. The van der Waals surface area contributed by atoms with Crippen molar-refractivity contribution in [1.82, 2.24) is 20.4 Å². The zero-order valence-electron chi connectivity index (χ0n) is 19.3. The smallest absolute Gasteiger partial charge is 0.191 e. The number of ether oxygens (including phenoxy) is 1. The quantitative estimate of drug-likeness (QED) is 0.262. The number of piperidine rings is 2. The molecule has 0 aliphatic carbocycles. The van der Waals surface area contributed by atoms with Gasteiger partial charge in [0.15, 0.2) is 5.96 Å². The van der Waals surface area contributed by atoms with Crippen LogP contribution in [-0.2, 0) is 4.74 Å².